The van der Waals surface area contributed by atoms with Gasteiger partial charge < -0.3 is 4.74 Å². The van der Waals surface area contributed by atoms with Gasteiger partial charge in [0.25, 0.3) is 5.91 Å². The zero-order chi connectivity index (χ0) is 22.5. The van der Waals surface area contributed by atoms with Crippen molar-refractivity contribution in [1.29, 1.82) is 0 Å². The maximum Gasteiger partial charge on any atom is 0.387 e. The Balaban J connectivity index is 1.61. The summed E-state index contributed by atoms with van der Waals surface area (Å²) in [5.74, 6) is -0.344. The van der Waals surface area contributed by atoms with Gasteiger partial charge in [0.05, 0.1) is 22.5 Å². The van der Waals surface area contributed by atoms with Crippen LogP contribution in [0.15, 0.2) is 84.2 Å². The number of rotatable bonds is 6. The minimum absolute atomic E-state index is 0.0486. The quantitative estimate of drug-likeness (QED) is 0.342. The van der Waals surface area contributed by atoms with Gasteiger partial charge in [-0.05, 0) is 61.0 Å². The highest BCUT2D eigenvalue weighted by atomic mass is 19.3. The van der Waals surface area contributed by atoms with Crippen molar-refractivity contribution >= 4 is 22.5 Å². The summed E-state index contributed by atoms with van der Waals surface area (Å²) in [4.78, 5) is 21.7. The molecule has 32 heavy (non-hydrogen) atoms. The maximum absolute atomic E-state index is 13.0. The van der Waals surface area contributed by atoms with Gasteiger partial charge in [-0.3, -0.25) is 9.78 Å². The zero-order valence-corrected chi connectivity index (χ0v) is 17.0. The fourth-order valence-electron chi connectivity index (χ4n) is 3.17. The largest absolute Gasteiger partial charge is 0.435 e. The Labute approximate surface area is 182 Å². The Morgan fingerprint density at radius 3 is 2.47 bits per heavy atom. The van der Waals surface area contributed by atoms with Crippen LogP contribution in [-0.2, 0) is 0 Å². The van der Waals surface area contributed by atoms with Crippen molar-refractivity contribution in [3.8, 4) is 17.0 Å². The first-order valence-corrected chi connectivity index (χ1v) is 9.71. The molecule has 4 aromatic rings. The number of carbonyl (C=O) groups excluding carboxylic acids is 1. The normalized spacial score (nSPS) is 11.6. The van der Waals surface area contributed by atoms with Crippen molar-refractivity contribution in [3.63, 3.8) is 0 Å². The van der Waals surface area contributed by atoms with Crippen LogP contribution in [0.2, 0.25) is 0 Å². The fourth-order valence-corrected chi connectivity index (χ4v) is 3.17. The number of nitrogens with zero attached hydrogens (tertiary/aromatic N) is 3. The van der Waals surface area contributed by atoms with Crippen LogP contribution >= 0.6 is 0 Å². The Morgan fingerprint density at radius 1 is 1.03 bits per heavy atom. The summed E-state index contributed by atoms with van der Waals surface area (Å²) in [6, 6.07) is 18.7. The average Bonchev–Trinajstić information content (AvgIpc) is 2.82. The van der Waals surface area contributed by atoms with Gasteiger partial charge in [-0.2, -0.15) is 13.9 Å². The smallest absolute Gasteiger partial charge is 0.387 e. The molecule has 1 amide bonds. The van der Waals surface area contributed by atoms with E-state index in [0.29, 0.717) is 33.4 Å². The molecule has 0 aliphatic rings. The Bertz CT molecular complexity index is 1280. The number of aromatic nitrogens is 2. The second kappa shape index (κ2) is 9.30. The van der Waals surface area contributed by atoms with Gasteiger partial charge in [0.15, 0.2) is 0 Å². The third-order valence-corrected chi connectivity index (χ3v) is 4.76. The van der Waals surface area contributed by atoms with E-state index in [0.717, 1.165) is 5.56 Å². The average molecular weight is 432 g/mol. The molecule has 160 valence electrons. The van der Waals surface area contributed by atoms with E-state index in [1.54, 1.807) is 37.5 Å². The van der Waals surface area contributed by atoms with Crippen LogP contribution in [0.1, 0.15) is 22.8 Å². The summed E-state index contributed by atoms with van der Waals surface area (Å²) in [6.07, 6.45) is 3.33. The van der Waals surface area contributed by atoms with Gasteiger partial charge in [0, 0.05) is 23.3 Å². The monoisotopic (exact) mass is 432 g/mol. The lowest BCUT2D eigenvalue weighted by atomic mass is 10.0. The van der Waals surface area contributed by atoms with E-state index in [-0.39, 0.29) is 5.75 Å². The van der Waals surface area contributed by atoms with Gasteiger partial charge in [-0.25, -0.2) is 10.4 Å². The van der Waals surface area contributed by atoms with Gasteiger partial charge in [0.2, 0.25) is 0 Å². The van der Waals surface area contributed by atoms with Gasteiger partial charge in [-0.15, -0.1) is 0 Å². The van der Waals surface area contributed by atoms with Crippen LogP contribution in [0, 0.1) is 0 Å². The predicted octanol–water partition coefficient (Wildman–Crippen LogP) is 5.05. The highest BCUT2D eigenvalue weighted by molar-refractivity contribution is 6.08. The van der Waals surface area contributed by atoms with Crippen molar-refractivity contribution in [1.82, 2.24) is 15.4 Å². The summed E-state index contributed by atoms with van der Waals surface area (Å²) in [6.45, 7) is -1.18. The number of fused-ring (bicyclic) bond motifs is 1. The molecule has 8 heteroatoms. The summed E-state index contributed by atoms with van der Waals surface area (Å²) >= 11 is 0. The zero-order valence-electron chi connectivity index (χ0n) is 17.0. The SMILES string of the molecule is C/C(=N\NC(=O)c1cc(-c2ccncc2)nc2ccccc12)c1ccc(OC(F)F)cc1. The summed E-state index contributed by atoms with van der Waals surface area (Å²) in [7, 11) is 0. The second-order valence-corrected chi connectivity index (χ2v) is 6.85. The number of hydrogen-bond acceptors (Lipinski definition) is 5. The molecule has 0 radical (unpaired) electrons. The number of ether oxygens (including phenoxy) is 1. The van der Waals surface area contributed by atoms with Crippen molar-refractivity contribution < 1.29 is 18.3 Å². The number of hydrogen-bond donors (Lipinski definition) is 1. The van der Waals surface area contributed by atoms with Gasteiger partial charge in [-0.1, -0.05) is 18.2 Å². The number of para-hydroxylation sites is 1. The second-order valence-electron chi connectivity index (χ2n) is 6.85. The number of carbonyl (C=O) groups is 1. The minimum atomic E-state index is -2.89. The molecule has 1 N–H and O–H groups in total. The number of hydrazone groups is 1. The lowest BCUT2D eigenvalue weighted by molar-refractivity contribution is -0.0498. The van der Waals surface area contributed by atoms with E-state index in [4.69, 9.17) is 0 Å². The molecule has 0 spiro atoms. The molecule has 4 rings (SSSR count). The molecule has 2 heterocycles. The molecule has 2 aromatic heterocycles. The van der Waals surface area contributed by atoms with Crippen molar-refractivity contribution in [2.75, 3.05) is 0 Å². The molecule has 0 aliphatic heterocycles. The third kappa shape index (κ3) is 4.75. The lowest BCUT2D eigenvalue weighted by Gasteiger charge is -2.09. The first-order valence-electron chi connectivity index (χ1n) is 9.71. The van der Waals surface area contributed by atoms with Crippen LogP contribution in [0.5, 0.6) is 5.75 Å². The van der Waals surface area contributed by atoms with Crippen LogP contribution in [0.25, 0.3) is 22.2 Å². The predicted molar refractivity (Wildman–Crippen MR) is 118 cm³/mol. The summed E-state index contributed by atoms with van der Waals surface area (Å²) in [5, 5.41) is 4.87. The molecule has 0 bridgehead atoms. The van der Waals surface area contributed by atoms with Crippen LogP contribution in [0.4, 0.5) is 8.78 Å². The van der Waals surface area contributed by atoms with Gasteiger partial charge >= 0.3 is 6.61 Å². The number of pyridine rings is 2. The first kappa shape index (κ1) is 21.0. The van der Waals surface area contributed by atoms with E-state index in [2.05, 4.69) is 25.2 Å². The summed E-state index contributed by atoms with van der Waals surface area (Å²) < 4.78 is 28.9. The maximum atomic E-state index is 13.0. The van der Waals surface area contributed by atoms with Gasteiger partial charge in [0.1, 0.15) is 5.75 Å². The Morgan fingerprint density at radius 2 is 1.75 bits per heavy atom. The molecular weight excluding hydrogens is 414 g/mol. The topological polar surface area (TPSA) is 76.5 Å². The minimum Gasteiger partial charge on any atom is -0.435 e. The van der Waals surface area contributed by atoms with Crippen molar-refractivity contribution in [2.24, 2.45) is 5.10 Å². The molecule has 2 aromatic carbocycles. The molecule has 0 saturated carbocycles. The van der Waals surface area contributed by atoms with E-state index >= 15 is 0 Å². The number of halogens is 2. The molecule has 0 atom stereocenters. The highest BCUT2D eigenvalue weighted by Gasteiger charge is 2.14. The molecule has 0 fully saturated rings. The van der Waals surface area contributed by atoms with Crippen LogP contribution in [0.3, 0.4) is 0 Å². The van der Waals surface area contributed by atoms with Crippen LogP contribution in [-0.4, -0.2) is 28.2 Å². The number of benzene rings is 2. The standard InChI is InChI=1S/C24H18F2N4O2/c1-15(16-6-8-18(9-7-16)32-24(25)26)29-30-23(31)20-14-22(17-10-12-27-13-11-17)28-21-5-3-2-4-19(20)21/h2-14,24H,1H3,(H,30,31)/b29-15+. The number of nitrogens with one attached hydrogen (secondary N) is 1. The van der Waals surface area contributed by atoms with Crippen molar-refractivity contribution in [2.45, 2.75) is 13.5 Å². The Kier molecular flexibility index (Phi) is 6.12. The molecular formula is C24H18F2N4O2. The molecule has 0 unspecified atom stereocenters. The summed E-state index contributed by atoms with van der Waals surface area (Å²) in [5.41, 5.74) is 6.33. The fraction of sp³-hybridized carbons (Fsp3) is 0.0833. The lowest BCUT2D eigenvalue weighted by Crippen LogP contribution is -2.20. The van der Waals surface area contributed by atoms with Crippen molar-refractivity contribution in [3.05, 3.63) is 90.3 Å². The Hall–Kier alpha value is -4.20. The number of amides is 1. The molecule has 0 saturated heterocycles. The number of alkyl halides is 2. The van der Waals surface area contributed by atoms with E-state index in [1.807, 2.05) is 36.4 Å². The third-order valence-electron chi connectivity index (χ3n) is 4.76. The molecule has 0 aliphatic carbocycles. The van der Waals surface area contributed by atoms with E-state index in [9.17, 15) is 13.6 Å². The molecule has 6 nitrogen and oxygen atoms in total. The van der Waals surface area contributed by atoms with E-state index < -0.39 is 12.5 Å². The van der Waals surface area contributed by atoms with E-state index in [1.165, 1.54) is 12.1 Å². The van der Waals surface area contributed by atoms with Crippen LogP contribution < -0.4 is 10.2 Å². The first-order chi connectivity index (χ1) is 15.5. The highest BCUT2D eigenvalue weighted by Crippen LogP contribution is 2.24.